The molecule has 1 saturated heterocycles. The summed E-state index contributed by atoms with van der Waals surface area (Å²) in [5.74, 6) is 1.86. The van der Waals surface area contributed by atoms with Gasteiger partial charge >= 0.3 is 0 Å². The molecule has 3 heterocycles. The minimum atomic E-state index is -1.07. The molecule has 0 bridgehead atoms. The first kappa shape index (κ1) is 19.3. The Morgan fingerprint density at radius 2 is 1.92 bits per heavy atom. The molecule has 1 aliphatic rings. The number of aromatic nitrogens is 3. The van der Waals surface area contributed by atoms with Crippen molar-refractivity contribution >= 4 is 24.9 Å². The molecule has 0 radical (unpaired) electrons. The maximum atomic E-state index is 5.99. The van der Waals surface area contributed by atoms with Crippen molar-refractivity contribution in [1.29, 1.82) is 0 Å². The molecule has 2 aromatic heterocycles. The van der Waals surface area contributed by atoms with Crippen LogP contribution in [-0.4, -0.2) is 55.5 Å². The molecule has 2 aromatic rings. The first-order valence-corrected chi connectivity index (χ1v) is 13.4. The van der Waals surface area contributed by atoms with E-state index in [4.69, 9.17) is 19.4 Å². The predicted octanol–water partition coefficient (Wildman–Crippen LogP) is 3.45. The first-order valence-electron chi connectivity index (χ1n) is 9.66. The quantitative estimate of drug-likeness (QED) is 0.547. The predicted molar refractivity (Wildman–Crippen MR) is 109 cm³/mol. The van der Waals surface area contributed by atoms with Gasteiger partial charge in [0.2, 0.25) is 0 Å². The van der Waals surface area contributed by atoms with Crippen LogP contribution in [-0.2, 0) is 22.6 Å². The fourth-order valence-electron chi connectivity index (χ4n) is 3.26. The SMILES string of the molecule is CCc1cn(COCC[Si](C)(C)C)c2nc(C)nc(N3CCOCC3)c12. The van der Waals surface area contributed by atoms with Crippen LogP contribution in [0.25, 0.3) is 11.0 Å². The number of anilines is 1. The van der Waals surface area contributed by atoms with E-state index in [1.165, 1.54) is 17.0 Å². The molecule has 1 fully saturated rings. The molecule has 7 heteroatoms. The highest BCUT2D eigenvalue weighted by Crippen LogP contribution is 2.30. The molecule has 0 saturated carbocycles. The van der Waals surface area contributed by atoms with Gasteiger partial charge in [-0.3, -0.25) is 0 Å². The Morgan fingerprint density at radius 1 is 1.19 bits per heavy atom. The molecule has 0 unspecified atom stereocenters. The summed E-state index contributed by atoms with van der Waals surface area (Å²) in [6, 6.07) is 1.18. The van der Waals surface area contributed by atoms with Gasteiger partial charge in [-0.1, -0.05) is 26.6 Å². The molecule has 0 N–H and O–H groups in total. The zero-order valence-electron chi connectivity index (χ0n) is 16.8. The molecule has 144 valence electrons. The molecule has 0 aliphatic carbocycles. The number of rotatable bonds is 7. The van der Waals surface area contributed by atoms with E-state index in [0.29, 0.717) is 6.73 Å². The first-order chi connectivity index (χ1) is 12.4. The third-order valence-electron chi connectivity index (χ3n) is 4.81. The van der Waals surface area contributed by atoms with Gasteiger partial charge in [0.1, 0.15) is 24.0 Å². The van der Waals surface area contributed by atoms with Gasteiger partial charge in [-0.15, -0.1) is 0 Å². The van der Waals surface area contributed by atoms with E-state index in [-0.39, 0.29) is 0 Å². The fraction of sp³-hybridized carbons (Fsp3) is 0.684. The van der Waals surface area contributed by atoms with Gasteiger partial charge in [-0.25, -0.2) is 9.97 Å². The lowest BCUT2D eigenvalue weighted by molar-refractivity contribution is 0.0898. The fourth-order valence-corrected chi connectivity index (χ4v) is 4.02. The highest BCUT2D eigenvalue weighted by Gasteiger charge is 2.21. The van der Waals surface area contributed by atoms with E-state index in [0.717, 1.165) is 56.6 Å². The van der Waals surface area contributed by atoms with Crippen molar-refractivity contribution in [2.45, 2.75) is 52.7 Å². The van der Waals surface area contributed by atoms with Crippen LogP contribution in [0.1, 0.15) is 18.3 Å². The van der Waals surface area contributed by atoms with Crippen molar-refractivity contribution in [1.82, 2.24) is 14.5 Å². The average Bonchev–Trinajstić information content (AvgIpc) is 2.95. The second kappa shape index (κ2) is 8.06. The second-order valence-electron chi connectivity index (χ2n) is 8.22. The Labute approximate surface area is 157 Å². The summed E-state index contributed by atoms with van der Waals surface area (Å²) in [7, 11) is -1.07. The number of hydrogen-bond acceptors (Lipinski definition) is 5. The zero-order valence-corrected chi connectivity index (χ0v) is 17.8. The van der Waals surface area contributed by atoms with Gasteiger partial charge in [0, 0.05) is 34.0 Å². The Hall–Kier alpha value is -1.44. The number of nitrogens with zero attached hydrogens (tertiary/aromatic N) is 4. The monoisotopic (exact) mass is 376 g/mol. The van der Waals surface area contributed by atoms with E-state index in [2.05, 4.69) is 42.2 Å². The molecule has 3 rings (SSSR count). The van der Waals surface area contributed by atoms with Crippen LogP contribution in [0.15, 0.2) is 6.20 Å². The Kier molecular flexibility index (Phi) is 5.99. The minimum absolute atomic E-state index is 0.556. The summed E-state index contributed by atoms with van der Waals surface area (Å²) in [5.41, 5.74) is 2.28. The van der Waals surface area contributed by atoms with Gasteiger partial charge in [0.25, 0.3) is 0 Å². The lowest BCUT2D eigenvalue weighted by Gasteiger charge is -2.28. The molecule has 0 spiro atoms. The van der Waals surface area contributed by atoms with Crippen molar-refractivity contribution in [2.24, 2.45) is 0 Å². The second-order valence-corrected chi connectivity index (χ2v) is 13.8. The normalized spacial score (nSPS) is 15.8. The third-order valence-corrected chi connectivity index (χ3v) is 6.51. The van der Waals surface area contributed by atoms with Gasteiger partial charge in [-0.2, -0.15) is 0 Å². The zero-order chi connectivity index (χ0) is 18.7. The molecule has 26 heavy (non-hydrogen) atoms. The van der Waals surface area contributed by atoms with Gasteiger partial charge in [-0.05, 0) is 25.0 Å². The van der Waals surface area contributed by atoms with Gasteiger partial charge in [0.05, 0.1) is 18.6 Å². The number of hydrogen-bond donors (Lipinski definition) is 0. The van der Waals surface area contributed by atoms with Crippen LogP contribution < -0.4 is 4.90 Å². The lowest BCUT2D eigenvalue weighted by atomic mass is 10.1. The van der Waals surface area contributed by atoms with Crippen molar-refractivity contribution in [3.05, 3.63) is 17.6 Å². The minimum Gasteiger partial charge on any atom is -0.378 e. The van der Waals surface area contributed by atoms with E-state index in [1.807, 2.05) is 6.92 Å². The Balaban J connectivity index is 1.89. The Bertz CT molecular complexity index is 748. The Morgan fingerprint density at radius 3 is 2.58 bits per heavy atom. The maximum absolute atomic E-state index is 5.99. The molecule has 0 aromatic carbocycles. The summed E-state index contributed by atoms with van der Waals surface area (Å²) < 4.78 is 13.7. The molecular weight excluding hydrogens is 344 g/mol. The summed E-state index contributed by atoms with van der Waals surface area (Å²) in [5, 5.41) is 1.17. The highest BCUT2D eigenvalue weighted by molar-refractivity contribution is 6.76. The number of fused-ring (bicyclic) bond motifs is 1. The van der Waals surface area contributed by atoms with Crippen LogP contribution in [0, 0.1) is 6.92 Å². The van der Waals surface area contributed by atoms with Crippen LogP contribution in [0.4, 0.5) is 5.82 Å². The summed E-state index contributed by atoms with van der Waals surface area (Å²) in [6.07, 6.45) is 3.15. The number of morpholine rings is 1. The summed E-state index contributed by atoms with van der Waals surface area (Å²) in [4.78, 5) is 11.9. The number of aryl methyl sites for hydroxylation is 2. The molecular formula is C19H32N4O2Si. The largest absolute Gasteiger partial charge is 0.378 e. The molecule has 6 nitrogen and oxygen atoms in total. The van der Waals surface area contributed by atoms with Crippen molar-refractivity contribution in [3.8, 4) is 0 Å². The lowest BCUT2D eigenvalue weighted by Crippen LogP contribution is -2.37. The van der Waals surface area contributed by atoms with Crippen molar-refractivity contribution in [2.75, 3.05) is 37.8 Å². The standard InChI is InChI=1S/C19H32N4O2Si/c1-6-16-13-23(14-25-11-12-26(3,4)5)19-17(16)18(20-15(2)21-19)22-7-9-24-10-8-22/h13H,6-12,14H2,1-5H3. The van der Waals surface area contributed by atoms with E-state index >= 15 is 0 Å². The van der Waals surface area contributed by atoms with Crippen LogP contribution >= 0.6 is 0 Å². The maximum Gasteiger partial charge on any atom is 0.147 e. The van der Waals surface area contributed by atoms with Crippen LogP contribution in [0.3, 0.4) is 0 Å². The summed E-state index contributed by atoms with van der Waals surface area (Å²) in [6.45, 7) is 15.9. The van der Waals surface area contributed by atoms with Crippen LogP contribution in [0.2, 0.25) is 25.7 Å². The molecule has 0 amide bonds. The van der Waals surface area contributed by atoms with E-state index in [1.54, 1.807) is 0 Å². The van der Waals surface area contributed by atoms with Crippen molar-refractivity contribution in [3.63, 3.8) is 0 Å². The van der Waals surface area contributed by atoms with Crippen molar-refractivity contribution < 1.29 is 9.47 Å². The van der Waals surface area contributed by atoms with Gasteiger partial charge < -0.3 is 18.9 Å². The highest BCUT2D eigenvalue weighted by atomic mass is 28.3. The summed E-state index contributed by atoms with van der Waals surface area (Å²) >= 11 is 0. The number of ether oxygens (including phenoxy) is 2. The smallest absolute Gasteiger partial charge is 0.147 e. The average molecular weight is 377 g/mol. The topological polar surface area (TPSA) is 52.4 Å². The third kappa shape index (κ3) is 4.45. The molecule has 0 atom stereocenters. The van der Waals surface area contributed by atoms with E-state index in [9.17, 15) is 0 Å². The van der Waals surface area contributed by atoms with Gasteiger partial charge in [0.15, 0.2) is 0 Å². The molecule has 1 aliphatic heterocycles. The van der Waals surface area contributed by atoms with Crippen LogP contribution in [0.5, 0.6) is 0 Å². The van der Waals surface area contributed by atoms with E-state index < -0.39 is 8.07 Å².